The third-order valence-corrected chi connectivity index (χ3v) is 3.03. The molecule has 2 rings (SSSR count). The van der Waals surface area contributed by atoms with Gasteiger partial charge in [-0.1, -0.05) is 11.8 Å². The number of halogens is 2. The molecule has 5 heteroatoms. The zero-order valence-corrected chi connectivity index (χ0v) is 12.5. The Bertz CT molecular complexity index is 658. The van der Waals surface area contributed by atoms with Crippen LogP contribution < -0.4 is 4.74 Å². The van der Waals surface area contributed by atoms with Gasteiger partial charge in [0.25, 0.3) is 0 Å². The summed E-state index contributed by atoms with van der Waals surface area (Å²) in [7, 11) is 1.93. The molecule has 110 valence electrons. The van der Waals surface area contributed by atoms with Gasteiger partial charge in [-0.05, 0) is 12.1 Å². The van der Waals surface area contributed by atoms with Gasteiger partial charge in [0.1, 0.15) is 17.4 Å². The molecule has 1 aromatic carbocycles. The summed E-state index contributed by atoms with van der Waals surface area (Å²) in [5.74, 6) is 7.25. The first-order valence-electron chi connectivity index (χ1n) is 6.63. The van der Waals surface area contributed by atoms with Crippen molar-refractivity contribution in [3.63, 3.8) is 0 Å². The Morgan fingerprint density at radius 2 is 2.24 bits per heavy atom. The highest BCUT2D eigenvalue weighted by molar-refractivity contribution is 6.18. The van der Waals surface area contributed by atoms with Crippen LogP contribution in [0.1, 0.15) is 17.8 Å². The molecule has 0 aliphatic rings. The number of imidazole rings is 1. The van der Waals surface area contributed by atoms with Gasteiger partial charge in [-0.2, -0.15) is 0 Å². The molecule has 0 bridgehead atoms. The van der Waals surface area contributed by atoms with Crippen molar-refractivity contribution in [1.29, 1.82) is 0 Å². The lowest BCUT2D eigenvalue weighted by molar-refractivity contribution is 0.316. The molecule has 0 aliphatic heterocycles. The number of aryl methyl sites for hydroxylation is 1. The van der Waals surface area contributed by atoms with E-state index in [9.17, 15) is 4.39 Å². The predicted molar refractivity (Wildman–Crippen MR) is 81.0 cm³/mol. The minimum absolute atomic E-state index is 0.361. The van der Waals surface area contributed by atoms with E-state index in [1.165, 1.54) is 12.1 Å². The Morgan fingerprint density at radius 1 is 1.38 bits per heavy atom. The molecular weight excluding hydrogens is 291 g/mol. The van der Waals surface area contributed by atoms with Crippen LogP contribution in [0.2, 0.25) is 0 Å². The predicted octanol–water partition coefficient (Wildman–Crippen LogP) is 3.16. The van der Waals surface area contributed by atoms with Crippen LogP contribution in [0.3, 0.4) is 0 Å². The van der Waals surface area contributed by atoms with Gasteiger partial charge in [-0.15, -0.1) is 11.6 Å². The fourth-order valence-electron chi connectivity index (χ4n) is 1.83. The topological polar surface area (TPSA) is 27.1 Å². The zero-order valence-electron chi connectivity index (χ0n) is 11.8. The number of aromatic nitrogens is 2. The molecule has 0 atom stereocenters. The maximum Gasteiger partial charge on any atom is 0.128 e. The fraction of sp³-hybridized carbons (Fsp3) is 0.312. The molecule has 0 aliphatic carbocycles. The van der Waals surface area contributed by atoms with E-state index in [1.54, 1.807) is 12.3 Å². The largest absolute Gasteiger partial charge is 0.493 e. The van der Waals surface area contributed by atoms with Gasteiger partial charge in [-0.3, -0.25) is 0 Å². The molecule has 0 amide bonds. The van der Waals surface area contributed by atoms with E-state index >= 15 is 0 Å². The summed E-state index contributed by atoms with van der Waals surface area (Å²) >= 11 is 5.55. The molecule has 2 aromatic rings. The van der Waals surface area contributed by atoms with Gasteiger partial charge >= 0.3 is 0 Å². The minimum Gasteiger partial charge on any atom is -0.493 e. The standard InChI is InChI=1S/C16H16ClFN2O/c1-20-8-7-19-16(20)5-9-21-15-11-13(4-2-3-6-17)10-14(18)12-15/h7-8,10-12H,3,5-6,9H2,1H3. The van der Waals surface area contributed by atoms with Crippen molar-refractivity contribution in [2.24, 2.45) is 7.05 Å². The smallest absolute Gasteiger partial charge is 0.128 e. The number of benzene rings is 1. The molecule has 0 N–H and O–H groups in total. The van der Waals surface area contributed by atoms with Gasteiger partial charge in [0.2, 0.25) is 0 Å². The summed E-state index contributed by atoms with van der Waals surface area (Å²) in [6.45, 7) is 0.433. The highest BCUT2D eigenvalue weighted by atomic mass is 35.5. The van der Waals surface area contributed by atoms with Crippen LogP contribution in [-0.2, 0) is 13.5 Å². The molecule has 1 aromatic heterocycles. The second kappa shape index (κ2) is 7.70. The molecule has 0 saturated carbocycles. The van der Waals surface area contributed by atoms with Crippen LogP contribution in [0, 0.1) is 17.7 Å². The normalized spacial score (nSPS) is 10.0. The van der Waals surface area contributed by atoms with Crippen LogP contribution in [0.5, 0.6) is 5.75 Å². The SMILES string of the molecule is Cn1ccnc1CCOc1cc(F)cc(C#CCCCl)c1. The molecule has 0 unspecified atom stereocenters. The number of ether oxygens (including phenoxy) is 1. The van der Waals surface area contributed by atoms with Gasteiger partial charge in [0.15, 0.2) is 0 Å². The summed E-state index contributed by atoms with van der Waals surface area (Å²) < 4.78 is 21.0. The summed E-state index contributed by atoms with van der Waals surface area (Å²) in [6, 6.07) is 4.46. The van der Waals surface area contributed by atoms with E-state index in [0.29, 0.717) is 36.6 Å². The molecule has 0 saturated heterocycles. The van der Waals surface area contributed by atoms with Crippen molar-refractivity contribution in [3.8, 4) is 17.6 Å². The number of alkyl halides is 1. The van der Waals surface area contributed by atoms with Crippen LogP contribution in [0.4, 0.5) is 4.39 Å². The van der Waals surface area contributed by atoms with Crippen LogP contribution in [0.25, 0.3) is 0 Å². The molecule has 21 heavy (non-hydrogen) atoms. The average Bonchev–Trinajstić information content (AvgIpc) is 2.84. The Labute approximate surface area is 128 Å². The van der Waals surface area contributed by atoms with Crippen molar-refractivity contribution >= 4 is 11.6 Å². The summed E-state index contributed by atoms with van der Waals surface area (Å²) in [5, 5.41) is 0. The fourth-order valence-corrected chi connectivity index (χ4v) is 1.92. The zero-order chi connectivity index (χ0) is 15.1. The van der Waals surface area contributed by atoms with Crippen molar-refractivity contribution < 1.29 is 9.13 Å². The van der Waals surface area contributed by atoms with Gasteiger partial charge in [0, 0.05) is 49.8 Å². The third kappa shape index (κ3) is 4.80. The molecule has 0 spiro atoms. The van der Waals surface area contributed by atoms with E-state index in [1.807, 2.05) is 17.8 Å². The summed E-state index contributed by atoms with van der Waals surface area (Å²) in [4.78, 5) is 4.21. The lowest BCUT2D eigenvalue weighted by Gasteiger charge is -2.07. The number of nitrogens with zero attached hydrogens (tertiary/aromatic N) is 2. The minimum atomic E-state index is -0.361. The number of hydrogen-bond acceptors (Lipinski definition) is 2. The quantitative estimate of drug-likeness (QED) is 0.627. The lowest BCUT2D eigenvalue weighted by atomic mass is 10.2. The van der Waals surface area contributed by atoms with E-state index in [0.717, 1.165) is 5.82 Å². The van der Waals surface area contributed by atoms with Crippen LogP contribution in [0.15, 0.2) is 30.6 Å². The highest BCUT2D eigenvalue weighted by Crippen LogP contribution is 2.16. The first-order valence-corrected chi connectivity index (χ1v) is 7.17. The maximum absolute atomic E-state index is 13.5. The Morgan fingerprint density at radius 3 is 2.95 bits per heavy atom. The van der Waals surface area contributed by atoms with Crippen molar-refractivity contribution in [3.05, 3.63) is 47.8 Å². The Kier molecular flexibility index (Phi) is 5.65. The van der Waals surface area contributed by atoms with Crippen molar-refractivity contribution in [2.45, 2.75) is 12.8 Å². The second-order valence-corrected chi connectivity index (χ2v) is 4.85. The van der Waals surface area contributed by atoms with Crippen molar-refractivity contribution in [1.82, 2.24) is 9.55 Å². The van der Waals surface area contributed by atoms with Crippen molar-refractivity contribution in [2.75, 3.05) is 12.5 Å². The monoisotopic (exact) mass is 306 g/mol. The van der Waals surface area contributed by atoms with E-state index in [-0.39, 0.29) is 5.82 Å². The molecular formula is C16H16ClFN2O. The molecule has 3 nitrogen and oxygen atoms in total. The van der Waals surface area contributed by atoms with Gasteiger partial charge in [0.05, 0.1) is 6.61 Å². The molecule has 0 fully saturated rings. The first-order chi connectivity index (χ1) is 10.2. The van der Waals surface area contributed by atoms with E-state index < -0.39 is 0 Å². The Balaban J connectivity index is 1.97. The first kappa shape index (κ1) is 15.4. The van der Waals surface area contributed by atoms with Crippen LogP contribution in [-0.4, -0.2) is 22.0 Å². The number of hydrogen-bond donors (Lipinski definition) is 0. The third-order valence-electron chi connectivity index (χ3n) is 2.84. The molecule has 1 heterocycles. The summed E-state index contributed by atoms with van der Waals surface area (Å²) in [5.41, 5.74) is 0.590. The van der Waals surface area contributed by atoms with E-state index in [4.69, 9.17) is 16.3 Å². The molecule has 0 radical (unpaired) electrons. The second-order valence-electron chi connectivity index (χ2n) is 4.47. The van der Waals surface area contributed by atoms with Crippen LogP contribution >= 0.6 is 11.6 Å². The van der Waals surface area contributed by atoms with Gasteiger partial charge < -0.3 is 9.30 Å². The summed E-state index contributed by atoms with van der Waals surface area (Å²) in [6.07, 6.45) is 4.85. The van der Waals surface area contributed by atoms with E-state index in [2.05, 4.69) is 16.8 Å². The van der Waals surface area contributed by atoms with Gasteiger partial charge in [-0.25, -0.2) is 9.37 Å². The Hall–Kier alpha value is -1.99. The highest BCUT2D eigenvalue weighted by Gasteiger charge is 2.03. The lowest BCUT2D eigenvalue weighted by Crippen LogP contribution is -2.06. The average molecular weight is 307 g/mol. The maximum atomic E-state index is 13.5. The number of rotatable bonds is 5.